The van der Waals surface area contributed by atoms with Crippen LogP contribution in [-0.4, -0.2) is 145 Å². The number of likely N-dealkylation sites (tertiary alicyclic amines) is 1. The molecule has 0 bridgehead atoms. The van der Waals surface area contributed by atoms with Crippen molar-refractivity contribution < 1.29 is 67.1 Å². The fourth-order valence-electron chi connectivity index (χ4n) is 12.0. The number of carbonyl (C=O) groups excluding carboxylic acids is 8. The average molecular weight is 1240 g/mol. The summed E-state index contributed by atoms with van der Waals surface area (Å²) in [5.74, 6) is -2.97. The molecule has 89 heavy (non-hydrogen) atoms. The number of ether oxygens (including phenoxy) is 5. The van der Waals surface area contributed by atoms with E-state index in [1.54, 1.807) is 54.4 Å². The van der Waals surface area contributed by atoms with Crippen LogP contribution in [0.2, 0.25) is 0 Å². The molecule has 3 atom stereocenters. The maximum absolute atomic E-state index is 14.2. The van der Waals surface area contributed by atoms with Gasteiger partial charge in [0.05, 0.1) is 53.4 Å². The number of nitrogens with two attached hydrogens (primary N) is 1. The molecule has 2 fully saturated rings. The molecule has 6 amide bonds. The van der Waals surface area contributed by atoms with Gasteiger partial charge >= 0.3 is 12.1 Å². The lowest BCUT2D eigenvalue weighted by atomic mass is 9.81. The summed E-state index contributed by atoms with van der Waals surface area (Å²) in [6.45, 7) is 15.1. The Bertz CT molecular complexity index is 3330. The van der Waals surface area contributed by atoms with E-state index in [1.165, 1.54) is 11.0 Å². The Morgan fingerprint density at radius 1 is 0.921 bits per heavy atom. The van der Waals surface area contributed by atoms with Crippen molar-refractivity contribution in [1.29, 1.82) is 0 Å². The quantitative estimate of drug-likeness (QED) is 0.0208. The molecule has 3 unspecified atom stereocenters. The van der Waals surface area contributed by atoms with Crippen LogP contribution in [0, 0.1) is 17.8 Å². The number of amides is 6. The molecule has 0 spiro atoms. The third kappa shape index (κ3) is 16.5. The van der Waals surface area contributed by atoms with Gasteiger partial charge in [-0.3, -0.25) is 43.1 Å². The van der Waals surface area contributed by atoms with Crippen molar-refractivity contribution in [2.75, 3.05) is 39.5 Å². The maximum atomic E-state index is 14.2. The summed E-state index contributed by atoms with van der Waals surface area (Å²) >= 11 is 0. The molecule has 26 heteroatoms. The highest BCUT2D eigenvalue weighted by molar-refractivity contribution is 6.02. The topological polar surface area (TPSA) is 346 Å². The van der Waals surface area contributed by atoms with Crippen LogP contribution in [0.4, 0.5) is 4.79 Å². The maximum Gasteiger partial charge on any atom is 0.509 e. The lowest BCUT2D eigenvalue weighted by Gasteiger charge is -2.35. The molecule has 1 saturated carbocycles. The number of phenols is 1. The number of phenolic OH excluding ortho intramolecular Hbond substituents is 1. The van der Waals surface area contributed by atoms with Gasteiger partial charge in [0.15, 0.2) is 0 Å². The average Bonchev–Trinajstić information content (AvgIpc) is 2.11. The van der Waals surface area contributed by atoms with E-state index in [-0.39, 0.29) is 97.7 Å². The highest BCUT2D eigenvalue weighted by atomic mass is 16.7. The molecule has 1 aromatic carbocycles. The van der Waals surface area contributed by atoms with Crippen LogP contribution in [0.15, 0.2) is 35.3 Å². The Kier molecular flexibility index (Phi) is 22.0. The lowest BCUT2D eigenvalue weighted by Crippen LogP contribution is -2.53. The first kappa shape index (κ1) is 67.1. The van der Waals surface area contributed by atoms with Gasteiger partial charge in [-0.25, -0.2) is 14.6 Å². The molecule has 1 saturated heterocycles. The number of fused-ring (bicyclic) bond motifs is 5. The monoisotopic (exact) mass is 1240 g/mol. The SMILES string of the molecule is CCc1c2c(nc3ccc(O)cc13)-c1cc3c(c(=O)n1C2)COC(=O)C3(CC)OC(=O)OCC(NC(=O)C(CCCCN)NC(=O)COCC(=O)NC(C)(C)CCOC(C)(C)CCn1cc(CNC(=O)C2CCC(CN3C(=O)CCC3=O)CC2)nn1)C(C)C. The number of esters is 1. The summed E-state index contributed by atoms with van der Waals surface area (Å²) in [6, 6.07) is 4.68. The molecule has 4 aromatic rings. The molecule has 484 valence electrons. The fourth-order valence-corrected chi connectivity index (χ4v) is 12.0. The molecule has 0 radical (unpaired) electrons. The van der Waals surface area contributed by atoms with E-state index in [0.717, 1.165) is 29.4 Å². The van der Waals surface area contributed by atoms with Gasteiger partial charge < -0.3 is 60.4 Å². The Balaban J connectivity index is 0.755. The first-order valence-corrected chi connectivity index (χ1v) is 31.1. The number of imide groups is 1. The number of hydrogen-bond acceptors (Lipinski definition) is 19. The number of aryl methyl sites for hydroxylation is 2. The minimum absolute atomic E-state index is 0.0444. The molecule has 6 heterocycles. The Morgan fingerprint density at radius 3 is 2.35 bits per heavy atom. The highest BCUT2D eigenvalue weighted by Crippen LogP contribution is 2.43. The number of rotatable bonds is 30. The number of hydrogen-bond donors (Lipinski definition) is 6. The number of nitrogens with zero attached hydrogens (tertiary/aromatic N) is 6. The Morgan fingerprint density at radius 2 is 1.65 bits per heavy atom. The molecule has 26 nitrogen and oxygen atoms in total. The number of pyridine rings is 2. The molecule has 4 aliphatic rings. The molecular formula is C63H87N11O15. The van der Waals surface area contributed by atoms with Crippen LogP contribution < -0.4 is 32.6 Å². The standard InChI is InChI=1S/C63H87N11O15/c1-9-42-43-27-41(75)18-19-47(43)67-55-44(42)32-73-50(55)28-46-45(58(73)82)33-86-59(83)63(46,10-2)89-60(84)87-34-49(37(3)4)68-57(81)48(13-11-12-24-64)66-51(76)35-85-36-52(77)69-61(5,6)23-26-88-62(7,8)22-25-72-31-40(70-71-72)29-65-56(80)39-16-14-38(15-17-39)30-74-53(78)20-21-54(74)79/h18-19,27-28,31,37-39,48-49,75H,9-17,20-26,29-30,32-36,64H2,1-8H3,(H,65,80)(H,66,76)(H,68,81)(H,69,77). The third-order valence-electron chi connectivity index (χ3n) is 17.4. The summed E-state index contributed by atoms with van der Waals surface area (Å²) < 4.78 is 32.0. The number of carbonyl (C=O) groups is 8. The van der Waals surface area contributed by atoms with Gasteiger partial charge in [-0.1, -0.05) is 32.9 Å². The summed E-state index contributed by atoms with van der Waals surface area (Å²) in [5, 5.41) is 31.0. The molecule has 3 aliphatic heterocycles. The summed E-state index contributed by atoms with van der Waals surface area (Å²) in [5.41, 5.74) is 6.20. The van der Waals surface area contributed by atoms with Gasteiger partial charge in [0.25, 0.3) is 5.56 Å². The largest absolute Gasteiger partial charge is 0.509 e. The van der Waals surface area contributed by atoms with Gasteiger partial charge in [-0.2, -0.15) is 0 Å². The van der Waals surface area contributed by atoms with Gasteiger partial charge in [-0.15, -0.1) is 5.10 Å². The van der Waals surface area contributed by atoms with E-state index in [4.69, 9.17) is 34.4 Å². The summed E-state index contributed by atoms with van der Waals surface area (Å²) in [4.78, 5) is 125. The van der Waals surface area contributed by atoms with Crippen molar-refractivity contribution in [2.45, 2.75) is 194 Å². The van der Waals surface area contributed by atoms with Crippen LogP contribution in [0.1, 0.15) is 160 Å². The number of aromatic nitrogens is 5. The van der Waals surface area contributed by atoms with Crippen molar-refractivity contribution in [1.82, 2.24) is 50.7 Å². The van der Waals surface area contributed by atoms with Crippen molar-refractivity contribution in [3.05, 3.63) is 68.8 Å². The van der Waals surface area contributed by atoms with E-state index in [1.807, 2.05) is 34.6 Å². The van der Waals surface area contributed by atoms with Crippen molar-refractivity contribution in [3.63, 3.8) is 0 Å². The van der Waals surface area contributed by atoms with Crippen LogP contribution in [0.5, 0.6) is 5.75 Å². The fraction of sp³-hybridized carbons (Fsp3) is 0.619. The zero-order valence-electron chi connectivity index (χ0n) is 52.5. The first-order chi connectivity index (χ1) is 42.3. The number of benzene rings is 1. The van der Waals surface area contributed by atoms with Crippen molar-refractivity contribution >= 4 is 58.5 Å². The van der Waals surface area contributed by atoms with E-state index in [0.29, 0.717) is 93.8 Å². The summed E-state index contributed by atoms with van der Waals surface area (Å²) in [6.07, 6.45) is 6.86. The Hall–Kier alpha value is -7.84. The minimum atomic E-state index is -2.06. The smallest absolute Gasteiger partial charge is 0.508 e. The second kappa shape index (κ2) is 29.2. The summed E-state index contributed by atoms with van der Waals surface area (Å²) in [7, 11) is 0. The van der Waals surface area contributed by atoms with E-state index in [9.17, 15) is 48.3 Å². The number of unbranched alkanes of at least 4 members (excludes halogenated alkanes) is 1. The third-order valence-corrected chi connectivity index (χ3v) is 17.4. The van der Waals surface area contributed by atoms with Gasteiger partial charge in [0.2, 0.25) is 41.0 Å². The normalized spacial score (nSPS) is 18.9. The van der Waals surface area contributed by atoms with Crippen LogP contribution in [0.25, 0.3) is 22.3 Å². The molecule has 7 N–H and O–H groups in total. The molecule has 1 aliphatic carbocycles. The molecule has 3 aromatic heterocycles. The van der Waals surface area contributed by atoms with Gasteiger partial charge in [0.1, 0.15) is 43.9 Å². The van der Waals surface area contributed by atoms with Crippen molar-refractivity contribution in [2.24, 2.45) is 23.5 Å². The molecular weight excluding hydrogens is 1150 g/mol. The highest BCUT2D eigenvalue weighted by Gasteiger charge is 2.51. The van der Waals surface area contributed by atoms with Crippen LogP contribution in [-0.2, 0) is 95.5 Å². The van der Waals surface area contributed by atoms with E-state index in [2.05, 4.69) is 31.6 Å². The lowest BCUT2D eigenvalue weighted by molar-refractivity contribution is -0.175. The number of cyclic esters (lactones) is 1. The van der Waals surface area contributed by atoms with Gasteiger partial charge in [-0.05, 0) is 147 Å². The van der Waals surface area contributed by atoms with Crippen LogP contribution in [0.3, 0.4) is 0 Å². The zero-order valence-corrected chi connectivity index (χ0v) is 52.5. The Labute approximate surface area is 517 Å². The number of nitrogens with one attached hydrogen (secondary N) is 4. The minimum Gasteiger partial charge on any atom is -0.508 e. The number of aromatic hydroxyl groups is 1. The second-order valence-corrected chi connectivity index (χ2v) is 25.3. The predicted molar refractivity (Wildman–Crippen MR) is 323 cm³/mol. The van der Waals surface area contributed by atoms with Crippen molar-refractivity contribution in [3.8, 4) is 17.1 Å². The molecule has 8 rings (SSSR count). The van der Waals surface area contributed by atoms with E-state index < -0.39 is 84.1 Å². The van der Waals surface area contributed by atoms with E-state index >= 15 is 0 Å². The van der Waals surface area contributed by atoms with Gasteiger partial charge in [0, 0.05) is 60.5 Å². The predicted octanol–water partition coefficient (Wildman–Crippen LogP) is 4.61. The first-order valence-electron chi connectivity index (χ1n) is 31.1. The van der Waals surface area contributed by atoms with Crippen LogP contribution >= 0.6 is 0 Å². The zero-order chi connectivity index (χ0) is 64.4. The second-order valence-electron chi connectivity index (χ2n) is 25.3.